The number of carbonyl (C=O) groups is 1. The van der Waals surface area contributed by atoms with Crippen LogP contribution < -0.4 is 5.32 Å². The van der Waals surface area contributed by atoms with Crippen molar-refractivity contribution in [3.05, 3.63) is 57.7 Å². The topological polar surface area (TPSA) is 66.5 Å². The molecule has 2 aromatic carbocycles. The molecule has 0 spiro atoms. The molecule has 0 radical (unpaired) electrons. The molecule has 5 nitrogen and oxygen atoms in total. The first-order valence-corrected chi connectivity index (χ1v) is 10.2. The molecule has 7 heteroatoms. The highest BCUT2D eigenvalue weighted by atomic mass is 127. The normalized spacial score (nSPS) is 15.4. The molecule has 0 aromatic heterocycles. The smallest absolute Gasteiger partial charge is 0.256 e. The lowest BCUT2D eigenvalue weighted by molar-refractivity contribution is 0.102. The maximum absolute atomic E-state index is 12.5. The maximum atomic E-state index is 12.5. The van der Waals surface area contributed by atoms with E-state index >= 15 is 0 Å². The van der Waals surface area contributed by atoms with Crippen LogP contribution in [-0.2, 0) is 10.0 Å². The van der Waals surface area contributed by atoms with E-state index in [4.69, 9.17) is 0 Å². The first kappa shape index (κ1) is 17.4. The van der Waals surface area contributed by atoms with Crippen LogP contribution in [0.5, 0.6) is 0 Å². The molecule has 1 aliphatic heterocycles. The van der Waals surface area contributed by atoms with Gasteiger partial charge in [0.15, 0.2) is 0 Å². The zero-order chi connectivity index (χ0) is 17.2. The number of nitrogens with one attached hydrogen (secondary N) is 1. The van der Waals surface area contributed by atoms with Gasteiger partial charge in [0, 0.05) is 22.3 Å². The molecule has 1 amide bonds. The third kappa shape index (κ3) is 3.62. The molecule has 126 valence electrons. The fraction of sp³-hybridized carbons (Fsp3) is 0.235. The van der Waals surface area contributed by atoms with Crippen LogP contribution in [0.2, 0.25) is 0 Å². The molecule has 0 bridgehead atoms. The van der Waals surface area contributed by atoms with E-state index in [9.17, 15) is 13.2 Å². The number of rotatable bonds is 4. The van der Waals surface area contributed by atoms with Gasteiger partial charge in [-0.25, -0.2) is 8.42 Å². The van der Waals surface area contributed by atoms with Crippen LogP contribution >= 0.6 is 22.6 Å². The van der Waals surface area contributed by atoms with Gasteiger partial charge in [0.1, 0.15) is 0 Å². The van der Waals surface area contributed by atoms with Gasteiger partial charge in [0.05, 0.1) is 10.5 Å². The molecule has 0 saturated carbocycles. The lowest BCUT2D eigenvalue weighted by Crippen LogP contribution is -2.27. The van der Waals surface area contributed by atoms with Gasteiger partial charge in [-0.2, -0.15) is 4.31 Å². The Balaban J connectivity index is 1.75. The zero-order valence-corrected chi connectivity index (χ0v) is 15.9. The van der Waals surface area contributed by atoms with Crippen molar-refractivity contribution in [3.63, 3.8) is 0 Å². The summed E-state index contributed by atoms with van der Waals surface area (Å²) in [6.45, 7) is 1.15. The molecule has 1 N–H and O–H groups in total. The highest BCUT2D eigenvalue weighted by Crippen LogP contribution is 2.22. The standard InChI is InChI=1S/C17H17IN2O3S/c18-16-6-2-1-5-15(16)17(21)19-13-7-9-14(10-8-13)24(22,23)20-11-3-4-12-20/h1-2,5-10H,3-4,11-12H2,(H,19,21). The largest absolute Gasteiger partial charge is 0.322 e. The van der Waals surface area contributed by atoms with Crippen molar-refractivity contribution in [3.8, 4) is 0 Å². The zero-order valence-electron chi connectivity index (χ0n) is 12.9. The summed E-state index contributed by atoms with van der Waals surface area (Å²) in [5.74, 6) is -0.213. The predicted octanol–water partition coefficient (Wildman–Crippen LogP) is 3.33. The third-order valence-electron chi connectivity index (χ3n) is 3.93. The Morgan fingerprint density at radius 1 is 1.00 bits per heavy atom. The van der Waals surface area contributed by atoms with Crippen LogP contribution in [-0.4, -0.2) is 31.7 Å². The number of halogens is 1. The number of hydrogen-bond acceptors (Lipinski definition) is 3. The van der Waals surface area contributed by atoms with Gasteiger partial charge in [0.2, 0.25) is 10.0 Å². The van der Waals surface area contributed by atoms with Crippen LogP contribution in [0, 0.1) is 3.57 Å². The van der Waals surface area contributed by atoms with Gasteiger partial charge < -0.3 is 5.32 Å². The molecule has 1 heterocycles. The maximum Gasteiger partial charge on any atom is 0.256 e. The van der Waals surface area contributed by atoms with E-state index in [0.29, 0.717) is 24.3 Å². The number of carbonyl (C=O) groups excluding carboxylic acids is 1. The Labute approximate surface area is 155 Å². The van der Waals surface area contributed by atoms with Crippen molar-refractivity contribution in [1.82, 2.24) is 4.31 Å². The first-order chi connectivity index (χ1) is 11.5. The number of amides is 1. The minimum atomic E-state index is -3.42. The summed E-state index contributed by atoms with van der Waals surface area (Å²) in [5, 5.41) is 2.80. The van der Waals surface area contributed by atoms with Crippen LogP contribution in [0.3, 0.4) is 0 Å². The van der Waals surface area contributed by atoms with Crippen molar-refractivity contribution in [2.24, 2.45) is 0 Å². The Morgan fingerprint density at radius 3 is 2.25 bits per heavy atom. The lowest BCUT2D eigenvalue weighted by Gasteiger charge is -2.15. The second-order valence-electron chi connectivity index (χ2n) is 5.57. The summed E-state index contributed by atoms with van der Waals surface area (Å²) in [7, 11) is -3.42. The molecule has 1 fully saturated rings. The van der Waals surface area contributed by atoms with Gasteiger partial charge >= 0.3 is 0 Å². The fourth-order valence-electron chi connectivity index (χ4n) is 2.63. The van der Waals surface area contributed by atoms with Gasteiger partial charge in [-0.1, -0.05) is 12.1 Å². The molecular formula is C17H17IN2O3S. The van der Waals surface area contributed by atoms with E-state index in [0.717, 1.165) is 16.4 Å². The van der Waals surface area contributed by atoms with Crippen molar-refractivity contribution >= 4 is 44.2 Å². The van der Waals surface area contributed by atoms with Crippen LogP contribution in [0.15, 0.2) is 53.4 Å². The van der Waals surface area contributed by atoms with Gasteiger partial charge in [-0.15, -0.1) is 0 Å². The molecule has 1 saturated heterocycles. The van der Waals surface area contributed by atoms with E-state index in [1.54, 1.807) is 30.3 Å². The molecule has 1 aliphatic rings. The number of anilines is 1. The average molecular weight is 456 g/mol. The molecule has 0 atom stereocenters. The van der Waals surface area contributed by atoms with Crippen molar-refractivity contribution in [1.29, 1.82) is 0 Å². The summed E-state index contributed by atoms with van der Waals surface area (Å²) in [5.41, 5.74) is 1.16. The Kier molecular flexibility index (Phi) is 5.21. The summed E-state index contributed by atoms with van der Waals surface area (Å²) >= 11 is 2.11. The second-order valence-corrected chi connectivity index (χ2v) is 8.67. The molecule has 24 heavy (non-hydrogen) atoms. The Morgan fingerprint density at radius 2 is 1.62 bits per heavy atom. The SMILES string of the molecule is O=C(Nc1ccc(S(=O)(=O)N2CCCC2)cc1)c1ccccc1I. The number of benzene rings is 2. The minimum Gasteiger partial charge on any atom is -0.322 e. The predicted molar refractivity (Wildman–Crippen MR) is 102 cm³/mol. The van der Waals surface area contributed by atoms with Gasteiger partial charge in [-0.05, 0) is 71.8 Å². The summed E-state index contributed by atoms with van der Waals surface area (Å²) < 4.78 is 27.3. The van der Waals surface area contributed by atoms with Crippen LogP contribution in [0.4, 0.5) is 5.69 Å². The number of sulfonamides is 1. The molecular weight excluding hydrogens is 439 g/mol. The average Bonchev–Trinajstić information content (AvgIpc) is 3.11. The molecule has 2 aromatic rings. The number of nitrogens with zero attached hydrogens (tertiary/aromatic N) is 1. The lowest BCUT2D eigenvalue weighted by atomic mass is 10.2. The van der Waals surface area contributed by atoms with Crippen molar-refractivity contribution in [2.45, 2.75) is 17.7 Å². The Hall–Kier alpha value is -1.45. The molecule has 0 unspecified atom stereocenters. The van der Waals surface area contributed by atoms with E-state index in [-0.39, 0.29) is 10.8 Å². The number of hydrogen-bond donors (Lipinski definition) is 1. The van der Waals surface area contributed by atoms with Gasteiger partial charge in [-0.3, -0.25) is 4.79 Å². The van der Waals surface area contributed by atoms with Gasteiger partial charge in [0.25, 0.3) is 5.91 Å². The monoisotopic (exact) mass is 456 g/mol. The molecule has 0 aliphatic carbocycles. The Bertz CT molecular complexity index is 844. The summed E-state index contributed by atoms with van der Waals surface area (Å²) in [4.78, 5) is 12.5. The molecule has 3 rings (SSSR count). The summed E-state index contributed by atoms with van der Waals surface area (Å²) in [6.07, 6.45) is 1.81. The minimum absolute atomic E-state index is 0.213. The first-order valence-electron chi connectivity index (χ1n) is 7.64. The van der Waals surface area contributed by atoms with E-state index < -0.39 is 10.0 Å². The summed E-state index contributed by atoms with van der Waals surface area (Å²) in [6, 6.07) is 13.6. The quantitative estimate of drug-likeness (QED) is 0.718. The van der Waals surface area contributed by atoms with E-state index in [2.05, 4.69) is 27.9 Å². The second kappa shape index (κ2) is 7.20. The van der Waals surface area contributed by atoms with E-state index in [1.807, 2.05) is 18.2 Å². The highest BCUT2D eigenvalue weighted by molar-refractivity contribution is 14.1. The fourth-order valence-corrected chi connectivity index (χ4v) is 4.78. The van der Waals surface area contributed by atoms with Crippen LogP contribution in [0.25, 0.3) is 0 Å². The van der Waals surface area contributed by atoms with E-state index in [1.165, 1.54) is 4.31 Å². The van der Waals surface area contributed by atoms with Crippen LogP contribution in [0.1, 0.15) is 23.2 Å². The van der Waals surface area contributed by atoms with Crippen molar-refractivity contribution < 1.29 is 13.2 Å². The van der Waals surface area contributed by atoms with Crippen molar-refractivity contribution in [2.75, 3.05) is 18.4 Å². The highest BCUT2D eigenvalue weighted by Gasteiger charge is 2.26. The third-order valence-corrected chi connectivity index (χ3v) is 6.79.